The highest BCUT2D eigenvalue weighted by molar-refractivity contribution is 6.60. The van der Waals surface area contributed by atoms with Gasteiger partial charge in [-0.25, -0.2) is 4.79 Å². The van der Waals surface area contributed by atoms with Crippen LogP contribution in [0.2, 0.25) is 6.04 Å². The van der Waals surface area contributed by atoms with Crippen LogP contribution < -0.4 is 0 Å². The lowest BCUT2D eigenvalue weighted by molar-refractivity contribution is -0.137. The van der Waals surface area contributed by atoms with Crippen molar-refractivity contribution in [3.05, 3.63) is 12.7 Å². The third-order valence-corrected chi connectivity index (χ3v) is 6.45. The Morgan fingerprint density at radius 1 is 1.10 bits per heavy atom. The zero-order chi connectivity index (χ0) is 16.1. The summed E-state index contributed by atoms with van der Waals surface area (Å²) in [5, 5.41) is 0. The van der Waals surface area contributed by atoms with Crippen LogP contribution in [0.1, 0.15) is 39.0 Å². The minimum absolute atomic E-state index is 0.345. The molecule has 0 amide bonds. The van der Waals surface area contributed by atoms with Gasteiger partial charge in [-0.2, -0.15) is 0 Å². The average Bonchev–Trinajstić information content (AvgIpc) is 2.52. The molecule has 0 fully saturated rings. The predicted molar refractivity (Wildman–Crippen MR) is 85.0 cm³/mol. The molecule has 0 aliphatic carbocycles. The van der Waals surface area contributed by atoms with Gasteiger partial charge in [0.05, 0.1) is 6.61 Å². The Hall–Kier alpha value is -0.693. The highest BCUT2D eigenvalue weighted by Gasteiger charge is 2.36. The van der Waals surface area contributed by atoms with E-state index in [9.17, 15) is 4.79 Å². The van der Waals surface area contributed by atoms with Gasteiger partial charge in [-0.3, -0.25) is 0 Å². The van der Waals surface area contributed by atoms with Gasteiger partial charge < -0.3 is 18.0 Å². The Labute approximate surface area is 130 Å². The number of ether oxygens (including phenoxy) is 1. The van der Waals surface area contributed by atoms with Crippen molar-refractivity contribution in [2.24, 2.45) is 5.92 Å². The van der Waals surface area contributed by atoms with Gasteiger partial charge in [0.15, 0.2) is 0 Å². The molecule has 0 heterocycles. The maximum absolute atomic E-state index is 10.9. The molecule has 0 radical (unpaired) electrons. The summed E-state index contributed by atoms with van der Waals surface area (Å²) in [6, 6.07) is 0.847. The first-order valence-corrected chi connectivity index (χ1v) is 9.41. The van der Waals surface area contributed by atoms with Gasteiger partial charge in [-0.15, -0.1) is 0 Å². The number of carbonyl (C=O) groups is 1. The van der Waals surface area contributed by atoms with Crippen molar-refractivity contribution in [2.45, 2.75) is 45.1 Å². The van der Waals surface area contributed by atoms with E-state index in [1.54, 1.807) is 21.3 Å². The lowest BCUT2D eigenvalue weighted by Gasteiger charge is -2.24. The number of carbonyl (C=O) groups excluding carboxylic acids is 1. The maximum Gasteiger partial charge on any atom is 0.500 e. The van der Waals surface area contributed by atoms with Gasteiger partial charge in [-0.1, -0.05) is 26.3 Å². The van der Waals surface area contributed by atoms with Crippen LogP contribution in [0.4, 0.5) is 0 Å². The Kier molecular flexibility index (Phi) is 11.5. The van der Waals surface area contributed by atoms with Gasteiger partial charge in [0, 0.05) is 33.4 Å². The zero-order valence-corrected chi connectivity index (χ0v) is 14.9. The van der Waals surface area contributed by atoms with Gasteiger partial charge >= 0.3 is 14.8 Å². The summed E-state index contributed by atoms with van der Waals surface area (Å²) in [5.74, 6) is 0.277. The van der Waals surface area contributed by atoms with Crippen molar-refractivity contribution in [3.63, 3.8) is 0 Å². The minimum Gasteiger partial charge on any atom is -0.463 e. The molecule has 124 valence electrons. The Morgan fingerprint density at radius 3 is 2.19 bits per heavy atom. The molecular formula is C15H30O5Si. The van der Waals surface area contributed by atoms with E-state index in [0.29, 0.717) is 12.5 Å². The molecule has 0 aromatic rings. The van der Waals surface area contributed by atoms with E-state index in [0.717, 1.165) is 38.1 Å². The molecule has 5 nitrogen and oxygen atoms in total. The van der Waals surface area contributed by atoms with Gasteiger partial charge in [-0.05, 0) is 25.2 Å². The monoisotopic (exact) mass is 318 g/mol. The quantitative estimate of drug-likeness (QED) is 0.226. The molecule has 0 N–H and O–H groups in total. The van der Waals surface area contributed by atoms with Crippen molar-refractivity contribution in [1.29, 1.82) is 0 Å². The van der Waals surface area contributed by atoms with Crippen LogP contribution in [-0.4, -0.2) is 42.7 Å². The van der Waals surface area contributed by atoms with Crippen molar-refractivity contribution >= 4 is 14.8 Å². The SMILES string of the molecule is C=CC(=O)OCCCC(C)CCCC[Si](OC)(OC)OC. The van der Waals surface area contributed by atoms with E-state index in [1.165, 1.54) is 6.08 Å². The largest absolute Gasteiger partial charge is 0.500 e. The molecular weight excluding hydrogens is 288 g/mol. The average molecular weight is 318 g/mol. The van der Waals surface area contributed by atoms with Crippen molar-refractivity contribution in [3.8, 4) is 0 Å². The lowest BCUT2D eigenvalue weighted by atomic mass is 9.99. The molecule has 1 atom stereocenters. The second kappa shape index (κ2) is 11.9. The van der Waals surface area contributed by atoms with E-state index in [2.05, 4.69) is 13.5 Å². The Morgan fingerprint density at radius 2 is 1.67 bits per heavy atom. The third kappa shape index (κ3) is 9.03. The van der Waals surface area contributed by atoms with Crippen molar-refractivity contribution in [2.75, 3.05) is 27.9 Å². The fraction of sp³-hybridized carbons (Fsp3) is 0.800. The lowest BCUT2D eigenvalue weighted by Crippen LogP contribution is -2.42. The predicted octanol–water partition coefficient (Wildman–Crippen LogP) is 3.18. The summed E-state index contributed by atoms with van der Waals surface area (Å²) in [4.78, 5) is 10.9. The first-order chi connectivity index (χ1) is 10.0. The first kappa shape index (κ1) is 20.3. The molecule has 0 aromatic heterocycles. The van der Waals surface area contributed by atoms with Gasteiger partial charge in [0.2, 0.25) is 0 Å². The summed E-state index contributed by atoms with van der Waals surface area (Å²) >= 11 is 0. The first-order valence-electron chi connectivity index (χ1n) is 7.48. The highest BCUT2D eigenvalue weighted by atomic mass is 28.4. The highest BCUT2D eigenvalue weighted by Crippen LogP contribution is 2.20. The van der Waals surface area contributed by atoms with E-state index in [4.69, 9.17) is 18.0 Å². The molecule has 6 heteroatoms. The fourth-order valence-electron chi connectivity index (χ4n) is 2.20. The number of hydrogen-bond donors (Lipinski definition) is 0. The molecule has 0 aliphatic rings. The molecule has 1 unspecified atom stereocenters. The van der Waals surface area contributed by atoms with Gasteiger partial charge in [0.25, 0.3) is 0 Å². The normalized spacial score (nSPS) is 13.0. The summed E-state index contributed by atoms with van der Waals surface area (Å²) in [7, 11) is 2.53. The summed E-state index contributed by atoms with van der Waals surface area (Å²) < 4.78 is 21.1. The molecule has 21 heavy (non-hydrogen) atoms. The van der Waals surface area contributed by atoms with Crippen molar-refractivity contribution in [1.82, 2.24) is 0 Å². The second-order valence-electron chi connectivity index (χ2n) is 5.16. The van der Waals surface area contributed by atoms with Crippen LogP contribution in [0.15, 0.2) is 12.7 Å². The third-order valence-electron chi connectivity index (χ3n) is 3.62. The molecule has 0 saturated heterocycles. The topological polar surface area (TPSA) is 54.0 Å². The molecule has 0 aromatic carbocycles. The summed E-state index contributed by atoms with van der Waals surface area (Å²) in [6.07, 6.45) is 6.47. The van der Waals surface area contributed by atoms with Crippen LogP contribution in [0, 0.1) is 5.92 Å². The molecule has 0 aliphatic heterocycles. The standard InChI is InChI=1S/C15H30O5Si/c1-6-15(16)20-12-9-11-14(2)10-7-8-13-21(17-3,18-4)19-5/h6,14H,1,7-13H2,2-5H3. The minimum atomic E-state index is -2.40. The summed E-state index contributed by atoms with van der Waals surface area (Å²) in [6.45, 7) is 6.06. The van der Waals surface area contributed by atoms with E-state index < -0.39 is 8.80 Å². The number of esters is 1. The van der Waals surface area contributed by atoms with E-state index >= 15 is 0 Å². The number of hydrogen-bond acceptors (Lipinski definition) is 5. The number of rotatable bonds is 13. The van der Waals surface area contributed by atoms with Gasteiger partial charge in [0.1, 0.15) is 0 Å². The Balaban J connectivity index is 3.68. The van der Waals surface area contributed by atoms with E-state index in [-0.39, 0.29) is 5.97 Å². The molecule has 0 saturated carbocycles. The zero-order valence-electron chi connectivity index (χ0n) is 13.9. The van der Waals surface area contributed by atoms with Crippen LogP contribution in [0.25, 0.3) is 0 Å². The van der Waals surface area contributed by atoms with Crippen LogP contribution in [0.3, 0.4) is 0 Å². The second-order valence-corrected chi connectivity index (χ2v) is 8.25. The van der Waals surface area contributed by atoms with Crippen LogP contribution >= 0.6 is 0 Å². The summed E-state index contributed by atoms with van der Waals surface area (Å²) in [5.41, 5.74) is 0. The van der Waals surface area contributed by atoms with E-state index in [1.807, 2.05) is 0 Å². The van der Waals surface area contributed by atoms with Crippen molar-refractivity contribution < 1.29 is 22.8 Å². The van der Waals surface area contributed by atoms with Crippen LogP contribution in [0.5, 0.6) is 0 Å². The smallest absolute Gasteiger partial charge is 0.463 e. The number of unbranched alkanes of at least 4 members (excludes halogenated alkanes) is 1. The molecule has 0 bridgehead atoms. The van der Waals surface area contributed by atoms with Crippen LogP contribution in [-0.2, 0) is 22.8 Å². The molecule has 0 rings (SSSR count). The molecule has 0 spiro atoms. The maximum atomic E-state index is 10.9. The fourth-order valence-corrected chi connectivity index (χ4v) is 3.99. The Bertz CT molecular complexity index is 284.